The van der Waals surface area contributed by atoms with E-state index < -0.39 is 5.97 Å². The molecule has 0 unspecified atom stereocenters. The number of hydrogen-bond acceptors (Lipinski definition) is 2. The summed E-state index contributed by atoms with van der Waals surface area (Å²) in [4.78, 5) is 11.9. The zero-order chi connectivity index (χ0) is 15.8. The third kappa shape index (κ3) is 6.24. The molecule has 0 radical (unpaired) electrons. The van der Waals surface area contributed by atoms with Crippen molar-refractivity contribution in [3.63, 3.8) is 0 Å². The number of carboxylic acid groups (broad SMARTS) is 1. The number of carboxylic acids is 1. The minimum Gasteiger partial charge on any atom is -0.481 e. The summed E-state index contributed by atoms with van der Waals surface area (Å²) in [6.45, 7) is 0. The van der Waals surface area contributed by atoms with Crippen molar-refractivity contribution in [2.75, 3.05) is 5.75 Å². The van der Waals surface area contributed by atoms with Gasteiger partial charge in [0.1, 0.15) is 0 Å². The summed E-state index contributed by atoms with van der Waals surface area (Å²) in [6.07, 6.45) is 3.48. The molecule has 0 aromatic heterocycles. The molecule has 2 nitrogen and oxygen atoms in total. The molecule has 0 fully saturated rings. The van der Waals surface area contributed by atoms with E-state index in [1.165, 1.54) is 16.9 Å². The van der Waals surface area contributed by atoms with E-state index in [0.29, 0.717) is 0 Å². The molecular weight excluding hydrogens is 360 g/mol. The Bertz CT molecular complexity index is 611. The van der Waals surface area contributed by atoms with E-state index in [0.717, 1.165) is 28.6 Å². The average molecular weight is 379 g/mol. The molecule has 22 heavy (non-hydrogen) atoms. The van der Waals surface area contributed by atoms with Crippen molar-refractivity contribution >= 4 is 33.7 Å². The Morgan fingerprint density at radius 3 is 2.45 bits per heavy atom. The first-order valence-corrected chi connectivity index (χ1v) is 9.09. The molecule has 0 aliphatic heterocycles. The molecule has 0 saturated heterocycles. The van der Waals surface area contributed by atoms with Crippen molar-refractivity contribution in [3.05, 3.63) is 64.1 Å². The summed E-state index contributed by atoms with van der Waals surface area (Å²) in [7, 11) is 0. The van der Waals surface area contributed by atoms with Gasteiger partial charge in [-0.2, -0.15) is 0 Å². The fourth-order valence-electron chi connectivity index (χ4n) is 2.18. The second-order valence-electron chi connectivity index (χ2n) is 5.15. The first-order chi connectivity index (χ1) is 10.6. The van der Waals surface area contributed by atoms with Gasteiger partial charge in [0.2, 0.25) is 0 Å². The second-order valence-corrected chi connectivity index (χ2v) is 7.23. The predicted octanol–water partition coefficient (Wildman–Crippen LogP) is 5.19. The molecule has 0 aliphatic carbocycles. The van der Waals surface area contributed by atoms with Crippen LogP contribution in [0, 0.1) is 0 Å². The Morgan fingerprint density at radius 2 is 1.77 bits per heavy atom. The van der Waals surface area contributed by atoms with Crippen LogP contribution in [-0.4, -0.2) is 16.8 Å². The van der Waals surface area contributed by atoms with Gasteiger partial charge in [0.05, 0.1) is 6.42 Å². The number of benzene rings is 2. The fraction of sp³-hybridized carbons (Fsp3) is 0.278. The van der Waals surface area contributed by atoms with Gasteiger partial charge < -0.3 is 5.11 Å². The largest absolute Gasteiger partial charge is 0.481 e. The highest BCUT2D eigenvalue weighted by Crippen LogP contribution is 2.23. The van der Waals surface area contributed by atoms with Gasteiger partial charge in [-0.05, 0) is 54.3 Å². The normalized spacial score (nSPS) is 10.6. The molecule has 0 bridgehead atoms. The first-order valence-electron chi connectivity index (χ1n) is 7.31. The smallest absolute Gasteiger partial charge is 0.307 e. The lowest BCUT2D eigenvalue weighted by atomic mass is 10.1. The van der Waals surface area contributed by atoms with Gasteiger partial charge >= 0.3 is 5.97 Å². The van der Waals surface area contributed by atoms with Crippen LogP contribution in [0.3, 0.4) is 0 Å². The summed E-state index contributed by atoms with van der Waals surface area (Å²) in [6, 6.07) is 16.3. The third-order valence-corrected chi connectivity index (χ3v) is 4.88. The average Bonchev–Trinajstić information content (AvgIpc) is 2.48. The van der Waals surface area contributed by atoms with Gasteiger partial charge in [-0.3, -0.25) is 4.79 Å². The van der Waals surface area contributed by atoms with E-state index in [1.807, 2.05) is 42.1 Å². The number of aliphatic carboxylic acids is 1. The molecule has 2 rings (SSSR count). The van der Waals surface area contributed by atoms with Gasteiger partial charge in [0.25, 0.3) is 0 Å². The Kier molecular flexibility index (Phi) is 7.00. The maximum absolute atomic E-state index is 10.6. The molecule has 0 heterocycles. The third-order valence-electron chi connectivity index (χ3n) is 3.30. The van der Waals surface area contributed by atoms with Gasteiger partial charge in [0.15, 0.2) is 0 Å². The number of aryl methyl sites for hydroxylation is 1. The maximum atomic E-state index is 10.6. The zero-order valence-corrected chi connectivity index (χ0v) is 14.7. The summed E-state index contributed by atoms with van der Waals surface area (Å²) in [5.41, 5.74) is 2.14. The Balaban J connectivity index is 1.67. The summed E-state index contributed by atoms with van der Waals surface area (Å²) < 4.78 is 1.12. The number of thioether (sulfide) groups is 1. The predicted molar refractivity (Wildman–Crippen MR) is 95.6 cm³/mol. The molecule has 116 valence electrons. The summed E-state index contributed by atoms with van der Waals surface area (Å²) >= 11 is 5.37. The van der Waals surface area contributed by atoms with Crippen LogP contribution in [0.1, 0.15) is 24.0 Å². The Hall–Kier alpha value is -1.26. The number of carbonyl (C=O) groups is 1. The molecule has 0 aliphatic rings. The van der Waals surface area contributed by atoms with Gasteiger partial charge in [0, 0.05) is 9.37 Å². The van der Waals surface area contributed by atoms with Crippen molar-refractivity contribution in [3.8, 4) is 0 Å². The highest BCUT2D eigenvalue weighted by Gasteiger charge is 2.01. The topological polar surface area (TPSA) is 37.3 Å². The lowest BCUT2D eigenvalue weighted by Crippen LogP contribution is -1.99. The lowest BCUT2D eigenvalue weighted by Gasteiger charge is -2.04. The maximum Gasteiger partial charge on any atom is 0.307 e. The molecule has 0 atom stereocenters. The fourth-order valence-corrected chi connectivity index (χ4v) is 3.70. The number of halogens is 1. The van der Waals surface area contributed by atoms with Crippen LogP contribution in [0.2, 0.25) is 0 Å². The first kappa shape index (κ1) is 17.1. The Morgan fingerprint density at radius 1 is 1.05 bits per heavy atom. The molecule has 0 spiro atoms. The molecule has 1 N–H and O–H groups in total. The van der Waals surface area contributed by atoms with Crippen molar-refractivity contribution in [2.24, 2.45) is 0 Å². The quantitative estimate of drug-likeness (QED) is 0.507. The molecule has 2 aromatic carbocycles. The molecule has 0 saturated carbocycles. The van der Waals surface area contributed by atoms with Crippen molar-refractivity contribution in [2.45, 2.75) is 30.6 Å². The number of rotatable bonds is 8. The van der Waals surface area contributed by atoms with Crippen LogP contribution in [0.15, 0.2) is 57.9 Å². The SMILES string of the molecule is O=C(O)Cc1ccc(CCCCSc2cccc(Br)c2)cc1. The highest BCUT2D eigenvalue weighted by atomic mass is 79.9. The van der Waals surface area contributed by atoms with Crippen molar-refractivity contribution in [1.82, 2.24) is 0 Å². The van der Waals surface area contributed by atoms with Crippen LogP contribution in [-0.2, 0) is 17.6 Å². The monoisotopic (exact) mass is 378 g/mol. The molecular formula is C18H19BrO2S. The second kappa shape index (κ2) is 9.01. The van der Waals surface area contributed by atoms with E-state index in [1.54, 1.807) is 0 Å². The lowest BCUT2D eigenvalue weighted by molar-refractivity contribution is -0.136. The van der Waals surface area contributed by atoms with E-state index in [2.05, 4.69) is 34.1 Å². The summed E-state index contributed by atoms with van der Waals surface area (Å²) in [5.74, 6) is 0.338. The van der Waals surface area contributed by atoms with Crippen LogP contribution in [0.5, 0.6) is 0 Å². The van der Waals surface area contributed by atoms with Gasteiger partial charge in [-0.15, -0.1) is 11.8 Å². The molecule has 0 amide bonds. The van der Waals surface area contributed by atoms with Gasteiger partial charge in [-0.1, -0.05) is 46.3 Å². The standard InChI is InChI=1S/C18H19BrO2S/c19-16-5-3-6-17(13-16)22-11-2-1-4-14-7-9-15(10-8-14)12-18(20)21/h3,5-10,13H,1-2,4,11-12H2,(H,20,21). The minimum absolute atomic E-state index is 0.101. The molecule has 2 aromatic rings. The van der Waals surface area contributed by atoms with E-state index in [-0.39, 0.29) is 6.42 Å². The van der Waals surface area contributed by atoms with E-state index in [9.17, 15) is 4.79 Å². The van der Waals surface area contributed by atoms with Crippen LogP contribution >= 0.6 is 27.7 Å². The number of unbranched alkanes of at least 4 members (excludes halogenated alkanes) is 1. The van der Waals surface area contributed by atoms with E-state index >= 15 is 0 Å². The van der Waals surface area contributed by atoms with Crippen LogP contribution in [0.25, 0.3) is 0 Å². The van der Waals surface area contributed by atoms with Crippen molar-refractivity contribution < 1.29 is 9.90 Å². The number of hydrogen-bond donors (Lipinski definition) is 1. The summed E-state index contributed by atoms with van der Waals surface area (Å²) in [5, 5.41) is 8.74. The van der Waals surface area contributed by atoms with Crippen molar-refractivity contribution in [1.29, 1.82) is 0 Å². The van der Waals surface area contributed by atoms with E-state index in [4.69, 9.17) is 5.11 Å². The molecule has 4 heteroatoms. The zero-order valence-electron chi connectivity index (χ0n) is 12.3. The van der Waals surface area contributed by atoms with Crippen LogP contribution in [0.4, 0.5) is 0 Å². The minimum atomic E-state index is -0.780. The Labute approximate surface area is 144 Å². The van der Waals surface area contributed by atoms with Crippen LogP contribution < -0.4 is 0 Å². The highest BCUT2D eigenvalue weighted by molar-refractivity contribution is 9.10. The van der Waals surface area contributed by atoms with Gasteiger partial charge in [-0.25, -0.2) is 0 Å².